The second kappa shape index (κ2) is 5.54. The third kappa shape index (κ3) is 2.25. The van der Waals surface area contributed by atoms with Crippen molar-refractivity contribution in [3.63, 3.8) is 0 Å². The zero-order valence-corrected chi connectivity index (χ0v) is 11.3. The Morgan fingerprint density at radius 1 is 1.25 bits per heavy atom. The van der Waals surface area contributed by atoms with E-state index in [1.54, 1.807) is 12.5 Å². The molecular formula is C15H18N2O3. The molecule has 0 radical (unpaired) electrons. The monoisotopic (exact) mass is 274 g/mol. The van der Waals surface area contributed by atoms with Crippen molar-refractivity contribution >= 4 is 5.71 Å². The van der Waals surface area contributed by atoms with Crippen molar-refractivity contribution in [1.82, 2.24) is 5.32 Å². The van der Waals surface area contributed by atoms with E-state index in [4.69, 9.17) is 8.83 Å². The van der Waals surface area contributed by atoms with E-state index in [2.05, 4.69) is 17.4 Å². The van der Waals surface area contributed by atoms with Gasteiger partial charge in [0.2, 0.25) is 0 Å². The summed E-state index contributed by atoms with van der Waals surface area (Å²) in [5, 5.41) is 16.4. The highest BCUT2D eigenvalue weighted by Gasteiger charge is 2.37. The molecule has 1 fully saturated rings. The van der Waals surface area contributed by atoms with Crippen LogP contribution in [0.15, 0.2) is 50.8 Å². The highest BCUT2D eigenvalue weighted by atomic mass is 16.4. The molecule has 2 aromatic rings. The number of nitrogens with zero attached hydrogens (tertiary/aromatic N) is 1. The molecule has 1 saturated heterocycles. The van der Waals surface area contributed by atoms with Gasteiger partial charge in [-0.2, -0.15) is 0 Å². The highest BCUT2D eigenvalue weighted by Crippen LogP contribution is 2.37. The number of hydrogen-bond donors (Lipinski definition) is 2. The molecule has 5 heteroatoms. The Kier molecular flexibility index (Phi) is 3.60. The maximum atomic E-state index is 9.32. The van der Waals surface area contributed by atoms with Gasteiger partial charge in [0.1, 0.15) is 11.5 Å². The van der Waals surface area contributed by atoms with E-state index >= 15 is 0 Å². The number of hydrogen-bond acceptors (Lipinski definition) is 5. The molecule has 0 spiro atoms. The van der Waals surface area contributed by atoms with Gasteiger partial charge in [0, 0.05) is 12.3 Å². The highest BCUT2D eigenvalue weighted by molar-refractivity contribution is 5.88. The molecule has 0 aliphatic carbocycles. The predicted molar refractivity (Wildman–Crippen MR) is 73.7 cm³/mol. The lowest BCUT2D eigenvalue weighted by atomic mass is 9.82. The van der Waals surface area contributed by atoms with Gasteiger partial charge in [0.15, 0.2) is 0 Å². The van der Waals surface area contributed by atoms with E-state index in [1.807, 2.05) is 24.3 Å². The lowest BCUT2D eigenvalue weighted by molar-refractivity contribution is 0.256. The van der Waals surface area contributed by atoms with E-state index in [9.17, 15) is 5.21 Å². The molecule has 3 rings (SSSR count). The molecule has 3 heterocycles. The molecule has 1 aliphatic heterocycles. The SMILES string of the molecule is CC[C@H]1/C(=N/O)C[C@H](c2ccco2)N[C@@H]1c1ccco1. The lowest BCUT2D eigenvalue weighted by Crippen LogP contribution is -2.42. The average Bonchev–Trinajstić information content (AvgIpc) is 3.18. The van der Waals surface area contributed by atoms with Crippen LogP contribution < -0.4 is 5.32 Å². The largest absolute Gasteiger partial charge is 0.468 e. The number of piperidine rings is 1. The fraction of sp³-hybridized carbons (Fsp3) is 0.400. The third-order valence-electron chi connectivity index (χ3n) is 3.93. The summed E-state index contributed by atoms with van der Waals surface area (Å²) in [5.41, 5.74) is 0.786. The lowest BCUT2D eigenvalue weighted by Gasteiger charge is -2.35. The van der Waals surface area contributed by atoms with Gasteiger partial charge in [-0.25, -0.2) is 0 Å². The first-order valence-corrected chi connectivity index (χ1v) is 6.87. The summed E-state index contributed by atoms with van der Waals surface area (Å²) in [6.07, 6.45) is 4.83. The molecular weight excluding hydrogens is 256 g/mol. The number of oxime groups is 1. The van der Waals surface area contributed by atoms with Crippen molar-refractivity contribution in [1.29, 1.82) is 0 Å². The Balaban J connectivity index is 1.93. The zero-order chi connectivity index (χ0) is 13.9. The van der Waals surface area contributed by atoms with Crippen molar-refractivity contribution in [3.05, 3.63) is 48.3 Å². The predicted octanol–water partition coefficient (Wildman–Crippen LogP) is 3.50. The van der Waals surface area contributed by atoms with Gasteiger partial charge < -0.3 is 14.0 Å². The Labute approximate surface area is 117 Å². The van der Waals surface area contributed by atoms with Gasteiger partial charge >= 0.3 is 0 Å². The van der Waals surface area contributed by atoms with Gasteiger partial charge in [0.05, 0.1) is 30.3 Å². The smallest absolute Gasteiger partial charge is 0.121 e. The van der Waals surface area contributed by atoms with E-state index < -0.39 is 0 Å². The third-order valence-corrected chi connectivity index (χ3v) is 3.93. The Bertz CT molecular complexity index is 560. The van der Waals surface area contributed by atoms with Crippen LogP contribution >= 0.6 is 0 Å². The van der Waals surface area contributed by atoms with Gasteiger partial charge in [-0.05, 0) is 30.7 Å². The van der Waals surface area contributed by atoms with Crippen molar-refractivity contribution in [2.24, 2.45) is 11.1 Å². The van der Waals surface area contributed by atoms with Gasteiger partial charge in [-0.3, -0.25) is 5.32 Å². The van der Waals surface area contributed by atoms with E-state index in [-0.39, 0.29) is 18.0 Å². The van der Waals surface area contributed by atoms with Gasteiger partial charge in [-0.15, -0.1) is 0 Å². The van der Waals surface area contributed by atoms with Gasteiger partial charge in [-0.1, -0.05) is 12.1 Å². The Morgan fingerprint density at radius 2 is 1.95 bits per heavy atom. The summed E-state index contributed by atoms with van der Waals surface area (Å²) in [4.78, 5) is 0. The first-order valence-electron chi connectivity index (χ1n) is 6.87. The first-order chi connectivity index (χ1) is 9.83. The summed E-state index contributed by atoms with van der Waals surface area (Å²) in [7, 11) is 0. The molecule has 20 heavy (non-hydrogen) atoms. The van der Waals surface area contributed by atoms with Gasteiger partial charge in [0.25, 0.3) is 0 Å². The molecule has 106 valence electrons. The van der Waals surface area contributed by atoms with Crippen LogP contribution in [0.5, 0.6) is 0 Å². The zero-order valence-electron chi connectivity index (χ0n) is 11.3. The normalized spacial score (nSPS) is 28.9. The summed E-state index contributed by atoms with van der Waals surface area (Å²) < 4.78 is 11.0. The molecule has 0 aromatic carbocycles. The minimum Gasteiger partial charge on any atom is -0.468 e. The Hall–Kier alpha value is -2.01. The van der Waals surface area contributed by atoms with Crippen LogP contribution in [0.4, 0.5) is 0 Å². The molecule has 2 N–H and O–H groups in total. The fourth-order valence-corrected chi connectivity index (χ4v) is 2.95. The number of furan rings is 2. The standard InChI is InChI=1S/C15H18N2O3/c1-2-10-11(17-18)9-12(13-5-3-7-19-13)16-15(10)14-6-4-8-20-14/h3-8,10,12,15-16,18H,2,9H2,1H3/b17-11+/t10-,12+,15-/m0/s1. The van der Waals surface area contributed by atoms with Crippen LogP contribution in [-0.2, 0) is 0 Å². The van der Waals surface area contributed by atoms with Crippen LogP contribution in [-0.4, -0.2) is 10.9 Å². The molecule has 0 saturated carbocycles. The number of nitrogens with one attached hydrogen (secondary N) is 1. The molecule has 3 atom stereocenters. The average molecular weight is 274 g/mol. The molecule has 0 unspecified atom stereocenters. The molecule has 5 nitrogen and oxygen atoms in total. The fourth-order valence-electron chi connectivity index (χ4n) is 2.95. The van der Waals surface area contributed by atoms with Crippen molar-refractivity contribution in [3.8, 4) is 0 Å². The summed E-state index contributed by atoms with van der Waals surface area (Å²) >= 11 is 0. The summed E-state index contributed by atoms with van der Waals surface area (Å²) in [5.74, 6) is 1.82. The molecule has 1 aliphatic rings. The topological polar surface area (TPSA) is 70.9 Å². The second-order valence-electron chi connectivity index (χ2n) is 5.04. The minimum absolute atomic E-state index is 0.00574. The van der Waals surface area contributed by atoms with Crippen LogP contribution in [0, 0.1) is 5.92 Å². The van der Waals surface area contributed by atoms with E-state index in [0.29, 0.717) is 6.42 Å². The number of rotatable bonds is 3. The summed E-state index contributed by atoms with van der Waals surface area (Å²) in [6.45, 7) is 2.08. The Morgan fingerprint density at radius 3 is 2.50 bits per heavy atom. The summed E-state index contributed by atoms with van der Waals surface area (Å²) in [6, 6.07) is 7.59. The minimum atomic E-state index is -0.00949. The van der Waals surface area contributed by atoms with Crippen molar-refractivity contribution < 1.29 is 14.0 Å². The molecule has 2 aromatic heterocycles. The molecule has 0 bridgehead atoms. The second-order valence-corrected chi connectivity index (χ2v) is 5.04. The first kappa shape index (κ1) is 13.0. The van der Waals surface area contributed by atoms with E-state index in [1.165, 1.54) is 0 Å². The van der Waals surface area contributed by atoms with Crippen molar-refractivity contribution in [2.45, 2.75) is 31.8 Å². The quantitative estimate of drug-likeness (QED) is 0.663. The van der Waals surface area contributed by atoms with Crippen LogP contribution in [0.25, 0.3) is 0 Å². The maximum absolute atomic E-state index is 9.32. The van der Waals surface area contributed by atoms with Crippen LogP contribution in [0.2, 0.25) is 0 Å². The molecule has 0 amide bonds. The maximum Gasteiger partial charge on any atom is 0.121 e. The van der Waals surface area contributed by atoms with Crippen LogP contribution in [0.1, 0.15) is 43.4 Å². The van der Waals surface area contributed by atoms with Crippen LogP contribution in [0.3, 0.4) is 0 Å². The van der Waals surface area contributed by atoms with Crippen molar-refractivity contribution in [2.75, 3.05) is 0 Å². The van der Waals surface area contributed by atoms with E-state index in [0.717, 1.165) is 23.7 Å².